The SMILES string of the molecule is CCOC(=O)C1CCC(O[C@@](C(=O)Cc2cc(Cl)c(NC(=O)c3cn(C)c4ccccc34)cc2Cl)(N2CCCC2)N2C[C@H]3C[C@H]2CN3C2CC2)CC1. The lowest BCUT2D eigenvalue weighted by Gasteiger charge is -2.52. The number of hydrogen-bond acceptors (Lipinski definition) is 8. The normalized spacial score (nSPS) is 26.5. The summed E-state index contributed by atoms with van der Waals surface area (Å²) in [5.41, 5.74) is 2.47. The number of aromatic nitrogens is 1. The summed E-state index contributed by atoms with van der Waals surface area (Å²) < 4.78 is 14.5. The summed E-state index contributed by atoms with van der Waals surface area (Å²) in [5, 5.41) is 4.47. The fourth-order valence-corrected chi connectivity index (χ4v) is 9.86. The predicted octanol–water partition coefficient (Wildman–Crippen LogP) is 6.66. The number of nitrogens with zero attached hydrogens (tertiary/aromatic N) is 4. The second-order valence-corrected chi connectivity index (χ2v) is 16.2. The first kappa shape index (κ1) is 36.0. The van der Waals surface area contributed by atoms with Crippen LogP contribution in [0.25, 0.3) is 10.9 Å². The smallest absolute Gasteiger partial charge is 0.308 e. The molecule has 52 heavy (non-hydrogen) atoms. The predicted molar refractivity (Wildman–Crippen MR) is 202 cm³/mol. The van der Waals surface area contributed by atoms with E-state index < -0.39 is 5.85 Å². The van der Waals surface area contributed by atoms with Gasteiger partial charge < -0.3 is 19.4 Å². The van der Waals surface area contributed by atoms with Crippen LogP contribution in [0.15, 0.2) is 42.6 Å². The third-order valence-electron chi connectivity index (χ3n) is 12.1. The molecule has 12 heteroatoms. The van der Waals surface area contributed by atoms with Gasteiger partial charge in [-0.1, -0.05) is 41.4 Å². The molecule has 2 saturated carbocycles. The minimum atomic E-state index is -1.25. The molecule has 0 unspecified atom stereocenters. The van der Waals surface area contributed by atoms with Crippen LogP contribution in [0.5, 0.6) is 0 Å². The van der Waals surface area contributed by atoms with E-state index in [0.29, 0.717) is 71.2 Å². The van der Waals surface area contributed by atoms with E-state index in [0.717, 1.165) is 56.3 Å². The highest BCUT2D eigenvalue weighted by Crippen LogP contribution is 2.46. The molecule has 2 bridgehead atoms. The highest BCUT2D eigenvalue weighted by Gasteiger charge is 2.60. The number of piperazine rings is 1. The molecule has 5 fully saturated rings. The van der Waals surface area contributed by atoms with Crippen molar-refractivity contribution < 1.29 is 23.9 Å². The van der Waals surface area contributed by atoms with Gasteiger partial charge in [0.2, 0.25) is 5.85 Å². The number of carbonyl (C=O) groups excluding carboxylic acids is 3. The quantitative estimate of drug-likeness (QED) is 0.206. The van der Waals surface area contributed by atoms with Gasteiger partial charge in [-0.3, -0.25) is 29.1 Å². The Hall–Kier alpha value is -2.99. The lowest BCUT2D eigenvalue weighted by molar-refractivity contribution is -0.263. The average molecular weight is 751 g/mol. The zero-order valence-corrected chi connectivity index (χ0v) is 31.6. The minimum Gasteiger partial charge on any atom is -0.466 e. The first-order valence-electron chi connectivity index (χ1n) is 19.1. The molecule has 3 aromatic rings. The standard InChI is InChI=1S/C40H49Cl2N5O5/c1-3-51-39(50)25-10-14-30(15-11-25)52-40(45-16-6-7-17-45,47-23-28-20-29(47)22-46(28)27-12-13-27)37(48)19-26-18-34(42)35(21-33(26)41)43-38(49)32-24-44(2)36-9-5-4-8-31(32)36/h4-5,8-9,18,21,24-25,27-30H,3,6-7,10-17,19-20,22-23H2,1-2H3,(H,43,49)/t25?,28-,29+,30?,40+/m1/s1. The number of Topliss-reactive ketones (excluding diaryl/α,β-unsaturated/α-hetero) is 1. The zero-order chi connectivity index (χ0) is 36.1. The van der Waals surface area contributed by atoms with Gasteiger partial charge in [0.25, 0.3) is 5.91 Å². The monoisotopic (exact) mass is 749 g/mol. The van der Waals surface area contributed by atoms with Crippen LogP contribution in [0.1, 0.15) is 80.6 Å². The second-order valence-electron chi connectivity index (χ2n) is 15.4. The van der Waals surface area contributed by atoms with E-state index in [1.807, 2.05) is 42.8 Å². The molecule has 2 aliphatic carbocycles. The Morgan fingerprint density at radius 2 is 1.67 bits per heavy atom. The number of anilines is 1. The van der Waals surface area contributed by atoms with Crippen LogP contribution in [0, 0.1) is 5.92 Å². The molecular weight excluding hydrogens is 701 g/mol. The molecular formula is C40H49Cl2N5O5. The molecule has 10 nitrogen and oxygen atoms in total. The van der Waals surface area contributed by atoms with Crippen LogP contribution >= 0.6 is 23.2 Å². The third kappa shape index (κ3) is 6.69. The number of ketones is 1. The molecule has 1 amide bonds. The minimum absolute atomic E-state index is 0.0327. The van der Waals surface area contributed by atoms with Crippen molar-refractivity contribution >= 4 is 57.5 Å². The van der Waals surface area contributed by atoms with E-state index in [9.17, 15) is 9.59 Å². The van der Waals surface area contributed by atoms with Crippen molar-refractivity contribution in [2.45, 2.75) is 101 Å². The van der Waals surface area contributed by atoms with Crippen molar-refractivity contribution in [3.05, 3.63) is 63.8 Å². The van der Waals surface area contributed by atoms with Crippen LogP contribution in [0.2, 0.25) is 10.0 Å². The number of likely N-dealkylation sites (tertiary alicyclic amines) is 3. The van der Waals surface area contributed by atoms with Gasteiger partial charge in [-0.25, -0.2) is 0 Å². The fourth-order valence-electron chi connectivity index (χ4n) is 9.40. The lowest BCUT2D eigenvalue weighted by Crippen LogP contribution is -2.71. The number of hydrogen-bond donors (Lipinski definition) is 1. The molecule has 3 aliphatic heterocycles. The van der Waals surface area contributed by atoms with E-state index in [2.05, 4.69) is 20.0 Å². The van der Waals surface area contributed by atoms with E-state index in [1.54, 1.807) is 18.3 Å². The van der Waals surface area contributed by atoms with Gasteiger partial charge >= 0.3 is 5.97 Å². The Kier molecular flexibility index (Phi) is 10.2. The van der Waals surface area contributed by atoms with Crippen molar-refractivity contribution in [1.29, 1.82) is 0 Å². The number of esters is 1. The van der Waals surface area contributed by atoms with Gasteiger partial charge in [-0.05, 0) is 88.5 Å². The topological polar surface area (TPSA) is 96.3 Å². The van der Waals surface area contributed by atoms with Crippen molar-refractivity contribution in [2.75, 3.05) is 38.1 Å². The van der Waals surface area contributed by atoms with Crippen LogP contribution in [0.4, 0.5) is 5.69 Å². The molecule has 3 atom stereocenters. The summed E-state index contributed by atoms with van der Waals surface area (Å²) >= 11 is 13.8. The summed E-state index contributed by atoms with van der Waals surface area (Å²) in [6.07, 6.45) is 9.99. The maximum atomic E-state index is 15.2. The summed E-state index contributed by atoms with van der Waals surface area (Å²) in [6, 6.07) is 12.4. The van der Waals surface area contributed by atoms with Crippen molar-refractivity contribution in [2.24, 2.45) is 13.0 Å². The molecule has 8 rings (SSSR count). The van der Waals surface area contributed by atoms with E-state index >= 15 is 4.79 Å². The molecule has 5 aliphatic rings. The summed E-state index contributed by atoms with van der Waals surface area (Å²) in [4.78, 5) is 48.6. The fraction of sp³-hybridized carbons (Fsp3) is 0.575. The van der Waals surface area contributed by atoms with Gasteiger partial charge in [0.05, 0.1) is 34.9 Å². The van der Waals surface area contributed by atoms with E-state index in [-0.39, 0.29) is 42.1 Å². The maximum Gasteiger partial charge on any atom is 0.308 e. The molecule has 4 heterocycles. The van der Waals surface area contributed by atoms with Gasteiger partial charge in [0.15, 0.2) is 5.78 Å². The Balaban J connectivity index is 1.07. The number of amides is 1. The largest absolute Gasteiger partial charge is 0.466 e. The molecule has 1 N–H and O–H groups in total. The highest BCUT2D eigenvalue weighted by molar-refractivity contribution is 6.36. The first-order valence-corrected chi connectivity index (χ1v) is 19.9. The Morgan fingerprint density at radius 3 is 2.37 bits per heavy atom. The number of aryl methyl sites for hydroxylation is 1. The molecule has 0 spiro atoms. The van der Waals surface area contributed by atoms with Crippen LogP contribution in [0.3, 0.4) is 0 Å². The number of rotatable bonds is 12. The van der Waals surface area contributed by atoms with Gasteiger partial charge in [0.1, 0.15) is 0 Å². The summed E-state index contributed by atoms with van der Waals surface area (Å²) in [7, 11) is 1.91. The first-order chi connectivity index (χ1) is 25.2. The van der Waals surface area contributed by atoms with Crippen LogP contribution in [-0.2, 0) is 32.5 Å². The molecule has 0 radical (unpaired) electrons. The maximum absolute atomic E-state index is 15.2. The van der Waals surface area contributed by atoms with Crippen molar-refractivity contribution in [1.82, 2.24) is 19.3 Å². The number of ether oxygens (including phenoxy) is 2. The van der Waals surface area contributed by atoms with Gasteiger partial charge in [-0.15, -0.1) is 0 Å². The number of para-hydroxylation sites is 1. The number of carbonyl (C=O) groups is 3. The molecule has 3 saturated heterocycles. The summed E-state index contributed by atoms with van der Waals surface area (Å²) in [6.45, 7) is 5.51. The Bertz CT molecular complexity index is 1850. The molecule has 1 aromatic heterocycles. The van der Waals surface area contributed by atoms with Gasteiger partial charge in [0, 0.05) is 79.9 Å². The molecule has 2 aromatic carbocycles. The van der Waals surface area contributed by atoms with Crippen LogP contribution in [-0.4, -0.2) is 99.8 Å². The number of fused-ring (bicyclic) bond motifs is 3. The summed E-state index contributed by atoms with van der Waals surface area (Å²) in [5.74, 6) is -1.85. The number of benzene rings is 2. The molecule has 278 valence electrons. The Morgan fingerprint density at radius 1 is 0.923 bits per heavy atom. The van der Waals surface area contributed by atoms with E-state index in [1.165, 1.54) is 12.8 Å². The number of nitrogens with one attached hydrogen (secondary N) is 1. The van der Waals surface area contributed by atoms with E-state index in [4.69, 9.17) is 32.7 Å². The van der Waals surface area contributed by atoms with Gasteiger partial charge in [-0.2, -0.15) is 0 Å². The third-order valence-corrected chi connectivity index (χ3v) is 12.8. The van der Waals surface area contributed by atoms with Crippen molar-refractivity contribution in [3.63, 3.8) is 0 Å². The zero-order valence-electron chi connectivity index (χ0n) is 30.1. The lowest BCUT2D eigenvalue weighted by atomic mass is 9.87. The second kappa shape index (κ2) is 14.7. The Labute approximate surface area is 315 Å². The average Bonchev–Trinajstić information content (AvgIpc) is 3.46. The van der Waals surface area contributed by atoms with Crippen molar-refractivity contribution in [3.8, 4) is 0 Å². The highest BCUT2D eigenvalue weighted by atomic mass is 35.5. The number of halogens is 2. The van der Waals surface area contributed by atoms with Crippen LogP contribution < -0.4 is 5.32 Å².